The number of nitriles is 1. The highest BCUT2D eigenvalue weighted by Crippen LogP contribution is 1.74. The van der Waals surface area contributed by atoms with Gasteiger partial charge in [-0.1, -0.05) is 0 Å². The maximum absolute atomic E-state index is 9.49. The molecule has 0 heterocycles. The van der Waals surface area contributed by atoms with Crippen molar-refractivity contribution in [2.45, 2.75) is 0 Å². The zero-order chi connectivity index (χ0) is 5.70. The van der Waals surface area contributed by atoms with E-state index in [2.05, 4.69) is 9.62 Å². The smallest absolute Gasteiger partial charge is 0.316 e. The first-order chi connectivity index (χ1) is 3.31. The van der Waals surface area contributed by atoms with Gasteiger partial charge in [0.15, 0.2) is 0 Å². The lowest BCUT2D eigenvalue weighted by Crippen LogP contribution is -1.98. The molecular formula is C2HNO4. The van der Waals surface area contributed by atoms with Gasteiger partial charge < -0.3 is 4.74 Å². The van der Waals surface area contributed by atoms with Gasteiger partial charge in [0.25, 0.3) is 6.26 Å². The molecule has 0 saturated carbocycles. The summed E-state index contributed by atoms with van der Waals surface area (Å²) in [5.74, 6) is 0. The van der Waals surface area contributed by atoms with Crippen molar-refractivity contribution in [2.75, 3.05) is 0 Å². The van der Waals surface area contributed by atoms with Crippen LogP contribution in [0.5, 0.6) is 0 Å². The van der Waals surface area contributed by atoms with E-state index < -0.39 is 6.16 Å². The van der Waals surface area contributed by atoms with E-state index in [4.69, 9.17) is 10.5 Å². The molecule has 0 aromatic rings. The SMILES string of the molecule is N#COC(=O)OO. The Balaban J connectivity index is 3.23. The Morgan fingerprint density at radius 3 is 2.57 bits per heavy atom. The molecule has 0 atom stereocenters. The minimum atomic E-state index is -1.43. The molecule has 0 aromatic heterocycles. The summed E-state index contributed by atoms with van der Waals surface area (Å²) in [6.07, 6.45) is -0.444. The third-order valence-electron chi connectivity index (χ3n) is 0.204. The van der Waals surface area contributed by atoms with E-state index in [1.807, 2.05) is 0 Å². The summed E-state index contributed by atoms with van der Waals surface area (Å²) >= 11 is 0. The van der Waals surface area contributed by atoms with Crippen LogP contribution in [-0.2, 0) is 9.62 Å². The van der Waals surface area contributed by atoms with Crippen LogP contribution in [0.2, 0.25) is 0 Å². The topological polar surface area (TPSA) is 79.5 Å². The Labute approximate surface area is 38.6 Å². The Morgan fingerprint density at radius 2 is 2.43 bits per heavy atom. The number of nitrogens with zero attached hydrogens (tertiary/aromatic N) is 1. The zero-order valence-electron chi connectivity index (χ0n) is 3.12. The molecular weight excluding hydrogens is 102 g/mol. The predicted molar refractivity (Wildman–Crippen MR) is 15.8 cm³/mol. The molecule has 0 aliphatic carbocycles. The lowest BCUT2D eigenvalue weighted by atomic mass is 11.3. The average Bonchev–Trinajstić information content (AvgIpc) is 1.68. The number of rotatable bonds is 0. The molecule has 0 bridgehead atoms. The zero-order valence-corrected chi connectivity index (χ0v) is 3.12. The summed E-state index contributed by atoms with van der Waals surface area (Å²) in [6.45, 7) is 0. The van der Waals surface area contributed by atoms with Crippen LogP contribution in [0.1, 0.15) is 0 Å². The van der Waals surface area contributed by atoms with E-state index in [9.17, 15) is 4.79 Å². The van der Waals surface area contributed by atoms with Gasteiger partial charge in [-0.3, -0.25) is 4.89 Å². The first-order valence-corrected chi connectivity index (χ1v) is 1.22. The van der Waals surface area contributed by atoms with E-state index in [0.29, 0.717) is 0 Å². The molecule has 0 saturated heterocycles. The van der Waals surface area contributed by atoms with Crippen LogP contribution in [-0.4, -0.2) is 11.4 Å². The van der Waals surface area contributed by atoms with Gasteiger partial charge in [0.05, 0.1) is 0 Å². The van der Waals surface area contributed by atoms with Gasteiger partial charge in [0.2, 0.25) is 0 Å². The second-order valence-corrected chi connectivity index (χ2v) is 0.535. The maximum Gasteiger partial charge on any atom is 0.556 e. The van der Waals surface area contributed by atoms with Crippen molar-refractivity contribution in [3.05, 3.63) is 0 Å². The highest BCUT2D eigenvalue weighted by molar-refractivity contribution is 5.59. The van der Waals surface area contributed by atoms with Crippen molar-refractivity contribution in [2.24, 2.45) is 0 Å². The minimum Gasteiger partial charge on any atom is -0.316 e. The molecule has 5 nitrogen and oxygen atoms in total. The van der Waals surface area contributed by atoms with Gasteiger partial charge in [-0.25, -0.2) is 0 Å². The monoisotopic (exact) mass is 103 g/mol. The summed E-state index contributed by atoms with van der Waals surface area (Å²) < 4.78 is 3.39. The summed E-state index contributed by atoms with van der Waals surface area (Å²) in [5, 5.41) is 14.8. The Kier molecular flexibility index (Phi) is 2.40. The van der Waals surface area contributed by atoms with Crippen LogP contribution in [0.3, 0.4) is 0 Å². The van der Waals surface area contributed by atoms with Crippen LogP contribution in [0.4, 0.5) is 4.79 Å². The second-order valence-electron chi connectivity index (χ2n) is 0.535. The van der Waals surface area contributed by atoms with Crippen molar-refractivity contribution in [3.8, 4) is 6.26 Å². The minimum absolute atomic E-state index is 0.984. The third kappa shape index (κ3) is 2.52. The van der Waals surface area contributed by atoms with E-state index in [-0.39, 0.29) is 0 Å². The molecule has 1 N–H and O–H groups in total. The Hall–Kier alpha value is -1.28. The van der Waals surface area contributed by atoms with E-state index in [0.717, 1.165) is 6.26 Å². The van der Waals surface area contributed by atoms with Crippen molar-refractivity contribution < 1.29 is 19.7 Å². The first-order valence-electron chi connectivity index (χ1n) is 1.22. The summed E-state index contributed by atoms with van der Waals surface area (Å²) in [5.41, 5.74) is 0. The standard InChI is InChI=1S/C2HNO4/c3-1-6-2(4)7-5/h5H. The molecule has 0 amide bonds. The fraction of sp³-hybridized carbons (Fsp3) is 0. The van der Waals surface area contributed by atoms with Crippen molar-refractivity contribution in [3.63, 3.8) is 0 Å². The van der Waals surface area contributed by atoms with E-state index >= 15 is 0 Å². The second kappa shape index (κ2) is 2.93. The lowest BCUT2D eigenvalue weighted by molar-refractivity contribution is -0.194. The quantitative estimate of drug-likeness (QED) is 0.203. The molecule has 5 heteroatoms. The van der Waals surface area contributed by atoms with Gasteiger partial charge in [-0.2, -0.15) is 10.1 Å². The lowest BCUT2D eigenvalue weighted by Gasteiger charge is -1.82. The van der Waals surface area contributed by atoms with Gasteiger partial charge in [-0.05, 0) is 0 Å². The molecule has 0 aliphatic rings. The molecule has 0 unspecified atom stereocenters. The molecule has 0 rings (SSSR count). The molecule has 0 aliphatic heterocycles. The fourth-order valence-corrected chi connectivity index (χ4v) is 0.0559. The van der Waals surface area contributed by atoms with E-state index in [1.165, 1.54) is 0 Å². The van der Waals surface area contributed by atoms with Crippen LogP contribution in [0.25, 0.3) is 0 Å². The molecule has 0 radical (unpaired) electrons. The first kappa shape index (κ1) is 5.72. The van der Waals surface area contributed by atoms with Crippen molar-refractivity contribution in [1.29, 1.82) is 5.26 Å². The van der Waals surface area contributed by atoms with Gasteiger partial charge in [0, 0.05) is 0 Å². The summed E-state index contributed by atoms with van der Waals surface area (Å²) in [7, 11) is 0. The molecule has 7 heavy (non-hydrogen) atoms. The highest BCUT2D eigenvalue weighted by Gasteiger charge is 1.97. The number of carbonyl (C=O) groups excluding carboxylic acids is 1. The molecule has 38 valence electrons. The predicted octanol–water partition coefficient (Wildman–Crippen LogP) is 0.0937. The average molecular weight is 103 g/mol. The number of ether oxygens (including phenoxy) is 1. The molecule has 0 fully saturated rings. The van der Waals surface area contributed by atoms with Crippen LogP contribution in [0, 0.1) is 11.5 Å². The number of carbonyl (C=O) groups is 1. The van der Waals surface area contributed by atoms with Gasteiger partial charge >= 0.3 is 6.16 Å². The van der Waals surface area contributed by atoms with Gasteiger partial charge in [-0.15, -0.1) is 5.26 Å². The maximum atomic E-state index is 9.49. The molecule has 0 aromatic carbocycles. The Morgan fingerprint density at radius 1 is 1.86 bits per heavy atom. The van der Waals surface area contributed by atoms with Crippen LogP contribution < -0.4 is 0 Å². The Bertz CT molecular complexity index is 103. The van der Waals surface area contributed by atoms with E-state index in [1.54, 1.807) is 0 Å². The van der Waals surface area contributed by atoms with Crippen molar-refractivity contribution >= 4 is 6.16 Å². The summed E-state index contributed by atoms with van der Waals surface area (Å²) in [6, 6.07) is 0. The highest BCUT2D eigenvalue weighted by atomic mass is 17.1. The number of hydrogen-bond acceptors (Lipinski definition) is 5. The largest absolute Gasteiger partial charge is 0.556 e. The number of hydrogen-bond donors (Lipinski definition) is 1. The van der Waals surface area contributed by atoms with Gasteiger partial charge in [0.1, 0.15) is 0 Å². The fourth-order valence-electron chi connectivity index (χ4n) is 0.0559. The van der Waals surface area contributed by atoms with Crippen molar-refractivity contribution in [1.82, 2.24) is 0 Å². The normalized spacial score (nSPS) is 6.29. The molecule has 0 spiro atoms. The van der Waals surface area contributed by atoms with Crippen LogP contribution >= 0.6 is 0 Å². The van der Waals surface area contributed by atoms with Crippen LogP contribution in [0.15, 0.2) is 0 Å². The summed E-state index contributed by atoms with van der Waals surface area (Å²) in [4.78, 5) is 12.4. The third-order valence-corrected chi connectivity index (χ3v) is 0.204.